The number of hydrogen-bond donors (Lipinski definition) is 0. The minimum atomic E-state index is -3.53. The maximum absolute atomic E-state index is 14.9. The molecule has 0 aromatic rings. The van der Waals surface area contributed by atoms with Gasteiger partial charge in [-0.2, -0.15) is 8.78 Å². The van der Waals surface area contributed by atoms with Crippen molar-refractivity contribution < 1.29 is 46.7 Å². The molecule has 4 rings (SSSR count). The largest absolute Gasteiger partial charge is 0.465 e. The first-order chi connectivity index (χ1) is 20.4. The monoisotopic (exact) mass is 618 g/mol. The van der Waals surface area contributed by atoms with E-state index in [2.05, 4.69) is 25.5 Å². The average molecular weight is 619 g/mol. The molecule has 250 valence electrons. The van der Waals surface area contributed by atoms with Gasteiger partial charge in [-0.25, -0.2) is 4.79 Å². The van der Waals surface area contributed by atoms with E-state index in [9.17, 15) is 13.6 Å². The van der Waals surface area contributed by atoms with Gasteiger partial charge >= 0.3 is 11.9 Å². The van der Waals surface area contributed by atoms with Crippen molar-refractivity contribution in [1.29, 1.82) is 0 Å². The third kappa shape index (κ3) is 6.39. The fourth-order valence-electron chi connectivity index (χ4n) is 10.7. The Morgan fingerprint density at radius 1 is 0.884 bits per heavy atom. The van der Waals surface area contributed by atoms with E-state index >= 15 is 0 Å². The second kappa shape index (κ2) is 14.2. The smallest absolute Gasteiger partial charge is 0.376 e. The third-order valence-corrected chi connectivity index (χ3v) is 12.4. The molecule has 4 aliphatic rings. The standard InChI is InChI=1S/C33H56F2O8/c1-9-22-25-14-21(41-17-37-5)12-13-31(25,3)26-15-27(42-18-38-6)32(4)23(20(2)16-33(34,35)30(36)40-8)10-11-24(32)28(26)29(22)43-19-39-7/h20-29H,9-19H2,1-8H3/t20-,21-,22-,23-,24?,25+,26?,27+,28?,29-,31+,32-/m1/s1. The van der Waals surface area contributed by atoms with Gasteiger partial charge in [-0.15, -0.1) is 0 Å². The quantitative estimate of drug-likeness (QED) is 0.166. The molecule has 0 spiro atoms. The van der Waals surface area contributed by atoms with Crippen LogP contribution in [0.5, 0.6) is 0 Å². The normalized spacial score (nSPS) is 41.7. The first-order valence-electron chi connectivity index (χ1n) is 16.2. The van der Waals surface area contributed by atoms with Gasteiger partial charge in [0.15, 0.2) is 0 Å². The van der Waals surface area contributed by atoms with Crippen LogP contribution in [0, 0.1) is 52.3 Å². The molecule has 0 aliphatic heterocycles. The highest BCUT2D eigenvalue weighted by atomic mass is 19.3. The van der Waals surface area contributed by atoms with E-state index in [1.54, 1.807) is 21.3 Å². The molecule has 0 saturated heterocycles. The summed E-state index contributed by atoms with van der Waals surface area (Å²) < 4.78 is 69.7. The number of halogens is 2. The lowest BCUT2D eigenvalue weighted by molar-refractivity contribution is -0.267. The van der Waals surface area contributed by atoms with Gasteiger partial charge < -0.3 is 33.2 Å². The topological polar surface area (TPSA) is 81.7 Å². The van der Waals surface area contributed by atoms with Crippen molar-refractivity contribution in [3.63, 3.8) is 0 Å². The molecule has 0 bridgehead atoms. The number of ether oxygens (including phenoxy) is 7. The number of carbonyl (C=O) groups is 1. The molecular weight excluding hydrogens is 562 g/mol. The van der Waals surface area contributed by atoms with Crippen LogP contribution >= 0.6 is 0 Å². The molecular formula is C33H56F2O8. The highest BCUT2D eigenvalue weighted by Crippen LogP contribution is 2.70. The Labute approximate surface area is 257 Å². The summed E-state index contributed by atoms with van der Waals surface area (Å²) in [5.41, 5.74) is -0.330. The van der Waals surface area contributed by atoms with Gasteiger partial charge in [0.1, 0.15) is 20.4 Å². The molecule has 0 radical (unpaired) electrons. The number of fused-ring (bicyclic) bond motifs is 5. The number of hydrogen-bond acceptors (Lipinski definition) is 8. The Morgan fingerprint density at radius 3 is 2.16 bits per heavy atom. The molecule has 0 aromatic heterocycles. The molecule has 8 nitrogen and oxygen atoms in total. The van der Waals surface area contributed by atoms with Crippen LogP contribution in [0.15, 0.2) is 0 Å². The van der Waals surface area contributed by atoms with E-state index in [-0.39, 0.29) is 60.5 Å². The predicted molar refractivity (Wildman–Crippen MR) is 156 cm³/mol. The van der Waals surface area contributed by atoms with Crippen LogP contribution in [0.1, 0.15) is 79.1 Å². The van der Waals surface area contributed by atoms with Crippen molar-refractivity contribution in [2.45, 2.75) is 103 Å². The van der Waals surface area contributed by atoms with Gasteiger partial charge in [0.2, 0.25) is 0 Å². The molecule has 0 aromatic carbocycles. The van der Waals surface area contributed by atoms with Gasteiger partial charge in [0, 0.05) is 33.2 Å². The van der Waals surface area contributed by atoms with Gasteiger partial charge in [-0.1, -0.05) is 34.1 Å². The van der Waals surface area contributed by atoms with E-state index in [0.717, 1.165) is 52.1 Å². The predicted octanol–water partition coefficient (Wildman–Crippen LogP) is 6.30. The van der Waals surface area contributed by atoms with Crippen molar-refractivity contribution in [2.75, 3.05) is 48.8 Å². The van der Waals surface area contributed by atoms with Crippen LogP contribution in [0.4, 0.5) is 8.78 Å². The zero-order valence-electron chi connectivity index (χ0n) is 27.6. The number of alkyl halides is 2. The Kier molecular flexibility index (Phi) is 11.6. The molecule has 43 heavy (non-hydrogen) atoms. The summed E-state index contributed by atoms with van der Waals surface area (Å²) in [4.78, 5) is 11.9. The van der Waals surface area contributed by atoms with Crippen LogP contribution in [0.25, 0.3) is 0 Å². The van der Waals surface area contributed by atoms with Crippen molar-refractivity contribution >= 4 is 5.97 Å². The SMILES string of the molecule is CC[C@H]1[C@@H](OCOC)C2C3CC[C@H]([C@H](C)CC(F)(F)C(=O)OC)[C@@]3(C)[C@@H](OCOC)CC2[C@@]2(C)CC[C@@H](OCOC)C[C@@H]12. The average Bonchev–Trinajstić information content (AvgIpc) is 3.35. The van der Waals surface area contributed by atoms with E-state index in [1.165, 1.54) is 0 Å². The zero-order valence-corrected chi connectivity index (χ0v) is 27.6. The molecule has 10 heteroatoms. The molecule has 4 fully saturated rings. The van der Waals surface area contributed by atoms with Crippen LogP contribution in [-0.4, -0.2) is 79.0 Å². The van der Waals surface area contributed by atoms with Crippen molar-refractivity contribution in [3.8, 4) is 0 Å². The van der Waals surface area contributed by atoms with Crippen molar-refractivity contribution in [1.82, 2.24) is 0 Å². The van der Waals surface area contributed by atoms with Crippen LogP contribution in [0.3, 0.4) is 0 Å². The van der Waals surface area contributed by atoms with E-state index < -0.39 is 24.2 Å². The van der Waals surface area contributed by atoms with Crippen LogP contribution in [0.2, 0.25) is 0 Å². The second-order valence-electron chi connectivity index (χ2n) is 14.2. The lowest BCUT2D eigenvalue weighted by Crippen LogP contribution is -2.66. The molecule has 4 aliphatic carbocycles. The van der Waals surface area contributed by atoms with Gasteiger partial charge in [0.05, 0.1) is 25.4 Å². The van der Waals surface area contributed by atoms with Gasteiger partial charge in [0.25, 0.3) is 0 Å². The fourth-order valence-corrected chi connectivity index (χ4v) is 10.7. The minimum Gasteiger partial charge on any atom is -0.465 e. The maximum Gasteiger partial charge on any atom is 0.376 e. The first-order valence-corrected chi connectivity index (χ1v) is 16.2. The summed E-state index contributed by atoms with van der Waals surface area (Å²) in [6.45, 7) is 9.50. The summed E-state index contributed by atoms with van der Waals surface area (Å²) in [7, 11) is 5.96. The lowest BCUT2D eigenvalue weighted by Gasteiger charge is -2.66. The summed E-state index contributed by atoms with van der Waals surface area (Å²) in [6.07, 6.45) is 5.92. The van der Waals surface area contributed by atoms with Crippen LogP contribution < -0.4 is 0 Å². The Morgan fingerprint density at radius 2 is 1.53 bits per heavy atom. The number of rotatable bonds is 14. The third-order valence-electron chi connectivity index (χ3n) is 12.4. The Hall–Kier alpha value is -0.910. The van der Waals surface area contributed by atoms with E-state index in [0.29, 0.717) is 24.5 Å². The van der Waals surface area contributed by atoms with E-state index in [1.807, 2.05) is 6.92 Å². The molecule has 0 amide bonds. The fraction of sp³-hybridized carbons (Fsp3) is 0.970. The summed E-state index contributed by atoms with van der Waals surface area (Å²) >= 11 is 0. The highest BCUT2D eigenvalue weighted by Gasteiger charge is 2.68. The summed E-state index contributed by atoms with van der Waals surface area (Å²) in [6, 6.07) is 0. The first kappa shape index (κ1) is 35.0. The maximum atomic E-state index is 14.9. The van der Waals surface area contributed by atoms with Gasteiger partial charge in [-0.05, 0) is 85.4 Å². The van der Waals surface area contributed by atoms with Crippen molar-refractivity contribution in [2.24, 2.45) is 52.3 Å². The second-order valence-corrected chi connectivity index (χ2v) is 14.2. The molecule has 3 unspecified atom stereocenters. The van der Waals surface area contributed by atoms with Crippen molar-refractivity contribution in [3.05, 3.63) is 0 Å². The molecule has 12 atom stereocenters. The molecule has 4 saturated carbocycles. The van der Waals surface area contributed by atoms with Gasteiger partial charge in [-0.3, -0.25) is 0 Å². The van der Waals surface area contributed by atoms with E-state index in [4.69, 9.17) is 28.4 Å². The van der Waals surface area contributed by atoms with Crippen LogP contribution in [-0.2, 0) is 38.0 Å². The zero-order chi connectivity index (χ0) is 31.6. The Balaban J connectivity index is 1.74. The summed E-state index contributed by atoms with van der Waals surface area (Å²) in [5.74, 6) is -3.96. The number of methoxy groups -OCH3 is 4. The Bertz CT molecular complexity index is 921. The molecule has 0 heterocycles. The minimum absolute atomic E-state index is 0.0209. The number of carbonyl (C=O) groups excluding carboxylic acids is 1. The molecule has 0 N–H and O–H groups in total. The highest BCUT2D eigenvalue weighted by molar-refractivity contribution is 5.77. The number of esters is 1. The lowest BCUT2D eigenvalue weighted by atomic mass is 9.40. The summed E-state index contributed by atoms with van der Waals surface area (Å²) in [5, 5.41) is 0.